The molecule has 2 aromatic rings. The Kier molecular flexibility index (Phi) is 4.52. The lowest BCUT2D eigenvalue weighted by Crippen LogP contribution is -2.33. The van der Waals surface area contributed by atoms with E-state index in [4.69, 9.17) is 16.7 Å². The minimum atomic E-state index is -0.874. The average Bonchev–Trinajstić information content (AvgIpc) is 2.85. The molecule has 2 rings (SSSR count). The molecule has 19 heavy (non-hydrogen) atoms. The van der Waals surface area contributed by atoms with Gasteiger partial charge in [-0.25, -0.2) is 4.98 Å². The third-order valence-corrected chi connectivity index (χ3v) is 3.87. The van der Waals surface area contributed by atoms with E-state index in [0.29, 0.717) is 11.6 Å². The summed E-state index contributed by atoms with van der Waals surface area (Å²) >= 11 is 7.60. The van der Waals surface area contributed by atoms with Gasteiger partial charge in [-0.1, -0.05) is 29.8 Å². The van der Waals surface area contributed by atoms with Crippen LogP contribution in [0.25, 0.3) is 10.6 Å². The van der Waals surface area contributed by atoms with Gasteiger partial charge in [0.1, 0.15) is 11.0 Å². The highest BCUT2D eigenvalue weighted by molar-refractivity contribution is 7.13. The van der Waals surface area contributed by atoms with Crippen LogP contribution in [0.1, 0.15) is 12.6 Å². The number of aromatic nitrogens is 1. The molecule has 0 aliphatic rings. The van der Waals surface area contributed by atoms with Crippen molar-refractivity contribution in [2.75, 3.05) is 0 Å². The lowest BCUT2D eigenvalue weighted by molar-refractivity contribution is -0.139. The van der Waals surface area contributed by atoms with E-state index in [1.54, 1.807) is 6.92 Å². The quantitative estimate of drug-likeness (QED) is 0.890. The van der Waals surface area contributed by atoms with Gasteiger partial charge in [-0.05, 0) is 13.0 Å². The SMILES string of the molecule is C[C@H](NCc1csc(-c2ccccc2Cl)n1)C(=O)O. The molecule has 1 atom stereocenters. The van der Waals surface area contributed by atoms with Crippen LogP contribution in [0.5, 0.6) is 0 Å². The van der Waals surface area contributed by atoms with Crippen molar-refractivity contribution >= 4 is 28.9 Å². The third kappa shape index (κ3) is 3.53. The van der Waals surface area contributed by atoms with Crippen LogP contribution in [0, 0.1) is 0 Å². The zero-order valence-electron chi connectivity index (χ0n) is 10.3. The van der Waals surface area contributed by atoms with E-state index in [2.05, 4.69) is 10.3 Å². The molecule has 0 bridgehead atoms. The summed E-state index contributed by atoms with van der Waals surface area (Å²) in [7, 11) is 0. The minimum Gasteiger partial charge on any atom is -0.480 e. The van der Waals surface area contributed by atoms with Gasteiger partial charge in [0, 0.05) is 17.5 Å². The number of rotatable bonds is 5. The second-order valence-corrected chi connectivity index (χ2v) is 5.33. The summed E-state index contributed by atoms with van der Waals surface area (Å²) in [6, 6.07) is 6.93. The van der Waals surface area contributed by atoms with Crippen molar-refractivity contribution in [2.45, 2.75) is 19.5 Å². The van der Waals surface area contributed by atoms with E-state index in [9.17, 15) is 4.79 Å². The molecule has 4 nitrogen and oxygen atoms in total. The molecule has 6 heteroatoms. The number of hydrogen-bond donors (Lipinski definition) is 2. The highest BCUT2D eigenvalue weighted by atomic mass is 35.5. The molecule has 0 saturated heterocycles. The molecule has 0 amide bonds. The van der Waals surface area contributed by atoms with Crippen LogP contribution >= 0.6 is 22.9 Å². The second kappa shape index (κ2) is 6.14. The molecule has 0 spiro atoms. The van der Waals surface area contributed by atoms with Crippen LogP contribution in [0.2, 0.25) is 5.02 Å². The van der Waals surface area contributed by atoms with Gasteiger partial charge < -0.3 is 5.11 Å². The second-order valence-electron chi connectivity index (χ2n) is 4.06. The Morgan fingerprint density at radius 3 is 2.95 bits per heavy atom. The molecule has 1 aromatic heterocycles. The molecule has 1 aromatic carbocycles. The Morgan fingerprint density at radius 1 is 1.53 bits per heavy atom. The smallest absolute Gasteiger partial charge is 0.320 e. The highest BCUT2D eigenvalue weighted by Crippen LogP contribution is 2.29. The minimum absolute atomic E-state index is 0.425. The first-order chi connectivity index (χ1) is 9.08. The summed E-state index contributed by atoms with van der Waals surface area (Å²) in [5, 5.41) is 15.1. The topological polar surface area (TPSA) is 62.2 Å². The number of thiazole rings is 1. The van der Waals surface area contributed by atoms with Gasteiger partial charge in [-0.15, -0.1) is 11.3 Å². The Bertz CT molecular complexity index is 586. The number of carboxylic acid groups (broad SMARTS) is 1. The molecule has 0 unspecified atom stereocenters. The van der Waals surface area contributed by atoms with E-state index in [1.807, 2.05) is 29.6 Å². The van der Waals surface area contributed by atoms with Gasteiger partial charge in [-0.3, -0.25) is 10.1 Å². The van der Waals surface area contributed by atoms with Crippen molar-refractivity contribution in [3.63, 3.8) is 0 Å². The van der Waals surface area contributed by atoms with Crippen LogP contribution in [0.4, 0.5) is 0 Å². The largest absolute Gasteiger partial charge is 0.480 e. The maximum atomic E-state index is 10.7. The highest BCUT2D eigenvalue weighted by Gasteiger charge is 2.12. The van der Waals surface area contributed by atoms with E-state index >= 15 is 0 Å². The van der Waals surface area contributed by atoms with Gasteiger partial charge in [0.05, 0.1) is 10.7 Å². The molecule has 100 valence electrons. The number of halogens is 1. The molecule has 1 heterocycles. The Hall–Kier alpha value is -1.43. The van der Waals surface area contributed by atoms with Crippen molar-refractivity contribution in [2.24, 2.45) is 0 Å². The van der Waals surface area contributed by atoms with Crippen LogP contribution in [0.3, 0.4) is 0 Å². The summed E-state index contributed by atoms with van der Waals surface area (Å²) in [4.78, 5) is 15.1. The predicted molar refractivity (Wildman–Crippen MR) is 76.5 cm³/mol. The molecule has 0 saturated carbocycles. The van der Waals surface area contributed by atoms with Gasteiger partial charge in [0.2, 0.25) is 0 Å². The number of hydrogen-bond acceptors (Lipinski definition) is 4. The van der Waals surface area contributed by atoms with Crippen LogP contribution in [0.15, 0.2) is 29.6 Å². The maximum Gasteiger partial charge on any atom is 0.320 e. The van der Waals surface area contributed by atoms with Crippen LogP contribution in [-0.2, 0) is 11.3 Å². The third-order valence-electron chi connectivity index (χ3n) is 2.62. The Labute approximate surface area is 120 Å². The standard InChI is InChI=1S/C13H13ClN2O2S/c1-8(13(17)18)15-6-9-7-19-12(16-9)10-4-2-3-5-11(10)14/h2-5,7-8,15H,6H2,1H3,(H,17,18)/t8-/m0/s1. The van der Waals surface area contributed by atoms with Crippen LogP contribution in [-0.4, -0.2) is 22.1 Å². The lowest BCUT2D eigenvalue weighted by Gasteiger charge is -2.06. The van der Waals surface area contributed by atoms with Crippen LogP contribution < -0.4 is 5.32 Å². The zero-order chi connectivity index (χ0) is 13.8. The fourth-order valence-corrected chi connectivity index (χ4v) is 2.63. The first kappa shape index (κ1) is 14.0. The molecule has 2 N–H and O–H groups in total. The summed E-state index contributed by atoms with van der Waals surface area (Å²) in [5.74, 6) is -0.874. The van der Waals surface area contributed by atoms with Crippen molar-refractivity contribution < 1.29 is 9.90 Å². The molecule has 0 aliphatic carbocycles. The number of aliphatic carboxylic acids is 1. The summed E-state index contributed by atoms with van der Waals surface area (Å²) in [5.41, 5.74) is 1.71. The van der Waals surface area contributed by atoms with Crippen molar-refractivity contribution in [3.05, 3.63) is 40.4 Å². The summed E-state index contributed by atoms with van der Waals surface area (Å²) in [6.45, 7) is 2.03. The van der Waals surface area contributed by atoms with Gasteiger partial charge in [0.15, 0.2) is 0 Å². The van der Waals surface area contributed by atoms with Crippen molar-refractivity contribution in [3.8, 4) is 10.6 Å². The summed E-state index contributed by atoms with van der Waals surface area (Å²) < 4.78 is 0. The molecule has 0 fully saturated rings. The fraction of sp³-hybridized carbons (Fsp3) is 0.231. The van der Waals surface area contributed by atoms with Gasteiger partial charge in [0.25, 0.3) is 0 Å². The van der Waals surface area contributed by atoms with Crippen molar-refractivity contribution in [1.29, 1.82) is 0 Å². The predicted octanol–water partition coefficient (Wildman–Crippen LogP) is 3.03. The molecular formula is C13H13ClN2O2S. The Morgan fingerprint density at radius 2 is 2.26 bits per heavy atom. The lowest BCUT2D eigenvalue weighted by atomic mass is 10.2. The molecule has 0 aliphatic heterocycles. The van der Waals surface area contributed by atoms with E-state index < -0.39 is 12.0 Å². The first-order valence-corrected chi connectivity index (χ1v) is 6.99. The fourth-order valence-electron chi connectivity index (χ4n) is 1.49. The first-order valence-electron chi connectivity index (χ1n) is 5.73. The monoisotopic (exact) mass is 296 g/mol. The molecular weight excluding hydrogens is 284 g/mol. The van der Waals surface area contributed by atoms with Crippen molar-refractivity contribution in [1.82, 2.24) is 10.3 Å². The van der Waals surface area contributed by atoms with E-state index in [0.717, 1.165) is 16.3 Å². The maximum absolute atomic E-state index is 10.7. The van der Waals surface area contributed by atoms with E-state index in [1.165, 1.54) is 11.3 Å². The number of nitrogens with zero attached hydrogens (tertiary/aromatic N) is 1. The number of carboxylic acids is 1. The summed E-state index contributed by atoms with van der Waals surface area (Å²) in [6.07, 6.45) is 0. The molecule has 0 radical (unpaired) electrons. The average molecular weight is 297 g/mol. The number of nitrogens with one attached hydrogen (secondary N) is 1. The van der Waals surface area contributed by atoms with E-state index in [-0.39, 0.29) is 0 Å². The number of carbonyl (C=O) groups is 1. The zero-order valence-corrected chi connectivity index (χ0v) is 11.8. The van der Waals surface area contributed by atoms with Gasteiger partial charge in [-0.2, -0.15) is 0 Å². The normalized spacial score (nSPS) is 12.3. The number of benzene rings is 1. The Balaban J connectivity index is 2.08. The van der Waals surface area contributed by atoms with Gasteiger partial charge >= 0.3 is 5.97 Å².